The minimum absolute atomic E-state index is 0.293. The van der Waals surface area contributed by atoms with Crippen molar-refractivity contribution in [3.8, 4) is 0 Å². The van der Waals surface area contributed by atoms with Crippen molar-refractivity contribution >= 4 is 15.7 Å². The number of likely N-dealkylation sites (tertiary alicyclic amines) is 1. The van der Waals surface area contributed by atoms with Crippen molar-refractivity contribution in [2.24, 2.45) is 0 Å². The Labute approximate surface area is 163 Å². The molecule has 0 bridgehead atoms. The first-order valence-corrected chi connectivity index (χ1v) is 11.3. The molecule has 1 aliphatic rings. The Morgan fingerprint density at radius 1 is 1.07 bits per heavy atom. The molecule has 0 aromatic heterocycles. The quantitative estimate of drug-likeness (QED) is 0.743. The van der Waals surface area contributed by atoms with Gasteiger partial charge in [-0.3, -0.25) is 4.72 Å². The fraction of sp³-hybridized carbons (Fsp3) is 0.455. The summed E-state index contributed by atoms with van der Waals surface area (Å²) in [7, 11) is -3.56. The van der Waals surface area contributed by atoms with Crippen LogP contribution in [0, 0.1) is 0 Å². The van der Waals surface area contributed by atoms with Gasteiger partial charge in [0.05, 0.1) is 4.90 Å². The molecule has 3 rings (SSSR count). The molecule has 0 radical (unpaired) electrons. The van der Waals surface area contributed by atoms with Crippen molar-refractivity contribution in [3.05, 3.63) is 59.7 Å². The number of anilines is 1. The smallest absolute Gasteiger partial charge is 0.261 e. The average Bonchev–Trinajstić information content (AvgIpc) is 3.11. The normalized spacial score (nSPS) is 18.1. The van der Waals surface area contributed by atoms with Crippen molar-refractivity contribution < 1.29 is 8.42 Å². The molecule has 0 aliphatic carbocycles. The van der Waals surface area contributed by atoms with Gasteiger partial charge in [0.1, 0.15) is 0 Å². The summed E-state index contributed by atoms with van der Waals surface area (Å²) < 4.78 is 27.9. The zero-order valence-corrected chi connectivity index (χ0v) is 17.3. The lowest BCUT2D eigenvalue weighted by Gasteiger charge is -2.15. The van der Waals surface area contributed by atoms with Crippen molar-refractivity contribution in [2.45, 2.75) is 50.3 Å². The largest absolute Gasteiger partial charge is 0.303 e. The van der Waals surface area contributed by atoms with E-state index in [9.17, 15) is 8.42 Å². The molecule has 4 nitrogen and oxygen atoms in total. The standard InChI is InChI=1S/C22H30N2O2S/c1-4-14-24-15-13-20(16-24)19-5-9-21(10-6-19)23-27(25,26)22-11-7-18(8-12-22)17(2)3/h5-12,17,20,23H,4,13-16H2,1-3H3/t20-/m0/s1. The van der Waals surface area contributed by atoms with Crippen LogP contribution in [0.3, 0.4) is 0 Å². The van der Waals surface area contributed by atoms with Crippen LogP contribution in [-0.2, 0) is 10.0 Å². The lowest BCUT2D eigenvalue weighted by molar-refractivity contribution is 0.335. The van der Waals surface area contributed by atoms with Gasteiger partial charge in [0.25, 0.3) is 10.0 Å². The molecule has 146 valence electrons. The van der Waals surface area contributed by atoms with Gasteiger partial charge in [-0.05, 0) is 73.2 Å². The number of sulfonamides is 1. The van der Waals surface area contributed by atoms with Gasteiger partial charge in [-0.15, -0.1) is 0 Å². The van der Waals surface area contributed by atoms with E-state index in [4.69, 9.17) is 0 Å². The maximum Gasteiger partial charge on any atom is 0.261 e. The lowest BCUT2D eigenvalue weighted by atomic mass is 9.98. The molecule has 1 atom stereocenters. The molecule has 0 amide bonds. The van der Waals surface area contributed by atoms with Crippen LogP contribution in [0.2, 0.25) is 0 Å². The Balaban J connectivity index is 1.67. The van der Waals surface area contributed by atoms with Crippen LogP contribution in [0.5, 0.6) is 0 Å². The second-order valence-corrected chi connectivity index (χ2v) is 9.42. The fourth-order valence-electron chi connectivity index (χ4n) is 3.69. The minimum Gasteiger partial charge on any atom is -0.303 e. The number of benzene rings is 2. The zero-order valence-electron chi connectivity index (χ0n) is 16.5. The summed E-state index contributed by atoms with van der Waals surface area (Å²) in [6.45, 7) is 9.80. The Bertz CT molecular complexity index is 843. The number of nitrogens with one attached hydrogen (secondary N) is 1. The topological polar surface area (TPSA) is 49.4 Å². The van der Waals surface area contributed by atoms with Gasteiger partial charge in [0, 0.05) is 12.2 Å². The maximum absolute atomic E-state index is 12.6. The third-order valence-electron chi connectivity index (χ3n) is 5.30. The van der Waals surface area contributed by atoms with E-state index in [0.29, 0.717) is 22.4 Å². The van der Waals surface area contributed by atoms with Crippen LogP contribution in [0.25, 0.3) is 0 Å². The molecule has 1 aliphatic heterocycles. The van der Waals surface area contributed by atoms with E-state index in [-0.39, 0.29) is 0 Å². The van der Waals surface area contributed by atoms with Crippen LogP contribution < -0.4 is 4.72 Å². The van der Waals surface area contributed by atoms with Crippen LogP contribution in [-0.4, -0.2) is 33.0 Å². The van der Waals surface area contributed by atoms with Gasteiger partial charge in [0.15, 0.2) is 0 Å². The Morgan fingerprint density at radius 3 is 2.33 bits per heavy atom. The number of hydrogen-bond acceptors (Lipinski definition) is 3. The fourth-order valence-corrected chi connectivity index (χ4v) is 4.75. The minimum atomic E-state index is -3.56. The molecule has 2 aromatic carbocycles. The van der Waals surface area contributed by atoms with Crippen molar-refractivity contribution in [2.75, 3.05) is 24.4 Å². The van der Waals surface area contributed by atoms with Crippen LogP contribution in [0.1, 0.15) is 56.6 Å². The summed E-state index contributed by atoms with van der Waals surface area (Å²) in [5.41, 5.74) is 3.03. The van der Waals surface area contributed by atoms with Crippen molar-refractivity contribution in [1.82, 2.24) is 4.90 Å². The summed E-state index contributed by atoms with van der Waals surface area (Å²) >= 11 is 0. The predicted molar refractivity (Wildman–Crippen MR) is 112 cm³/mol. The van der Waals surface area contributed by atoms with E-state index in [1.807, 2.05) is 24.3 Å². The van der Waals surface area contributed by atoms with Gasteiger partial charge in [-0.2, -0.15) is 0 Å². The maximum atomic E-state index is 12.6. The molecule has 5 heteroatoms. The molecule has 1 saturated heterocycles. The Morgan fingerprint density at radius 2 is 1.74 bits per heavy atom. The molecule has 1 heterocycles. The van der Waals surface area contributed by atoms with E-state index in [1.54, 1.807) is 12.1 Å². The zero-order chi connectivity index (χ0) is 19.4. The number of hydrogen-bond donors (Lipinski definition) is 1. The molecular weight excluding hydrogens is 356 g/mol. The molecule has 2 aromatic rings. The van der Waals surface area contributed by atoms with E-state index in [0.717, 1.165) is 25.2 Å². The molecule has 0 saturated carbocycles. The summed E-state index contributed by atoms with van der Waals surface area (Å²) in [6.07, 6.45) is 2.36. The van der Waals surface area contributed by atoms with Gasteiger partial charge >= 0.3 is 0 Å². The van der Waals surface area contributed by atoms with Crippen LogP contribution in [0.4, 0.5) is 5.69 Å². The van der Waals surface area contributed by atoms with Crippen LogP contribution in [0.15, 0.2) is 53.4 Å². The van der Waals surface area contributed by atoms with Crippen LogP contribution >= 0.6 is 0 Å². The summed E-state index contributed by atoms with van der Waals surface area (Å²) in [6, 6.07) is 15.0. The Hall–Kier alpha value is -1.85. The molecule has 0 spiro atoms. The average molecular weight is 387 g/mol. The highest BCUT2D eigenvalue weighted by atomic mass is 32.2. The monoisotopic (exact) mass is 386 g/mol. The first-order valence-electron chi connectivity index (χ1n) is 9.84. The van der Waals surface area contributed by atoms with Crippen molar-refractivity contribution in [1.29, 1.82) is 0 Å². The molecule has 0 unspecified atom stereocenters. The van der Waals surface area contributed by atoms with Gasteiger partial charge in [0.2, 0.25) is 0 Å². The van der Waals surface area contributed by atoms with E-state index in [2.05, 4.69) is 42.5 Å². The second kappa shape index (κ2) is 8.44. The Kier molecular flexibility index (Phi) is 6.22. The SMILES string of the molecule is CCCN1CC[C@H](c2ccc(NS(=O)(=O)c3ccc(C(C)C)cc3)cc2)C1. The first-order chi connectivity index (χ1) is 12.9. The summed E-state index contributed by atoms with van der Waals surface area (Å²) in [5, 5.41) is 0. The van der Waals surface area contributed by atoms with E-state index >= 15 is 0 Å². The van der Waals surface area contributed by atoms with E-state index in [1.165, 1.54) is 18.4 Å². The summed E-state index contributed by atoms with van der Waals surface area (Å²) in [5.74, 6) is 0.928. The first kappa shape index (κ1) is 19.9. The molecule has 1 N–H and O–H groups in total. The molecule has 27 heavy (non-hydrogen) atoms. The molecule has 1 fully saturated rings. The van der Waals surface area contributed by atoms with Crippen molar-refractivity contribution in [3.63, 3.8) is 0 Å². The predicted octanol–water partition coefficient (Wildman–Crippen LogP) is 4.81. The number of nitrogens with zero attached hydrogens (tertiary/aromatic N) is 1. The van der Waals surface area contributed by atoms with Gasteiger partial charge in [-0.1, -0.05) is 45.0 Å². The highest BCUT2D eigenvalue weighted by molar-refractivity contribution is 7.92. The summed E-state index contributed by atoms with van der Waals surface area (Å²) in [4.78, 5) is 2.80. The molecular formula is C22H30N2O2S. The highest BCUT2D eigenvalue weighted by Crippen LogP contribution is 2.28. The van der Waals surface area contributed by atoms with Gasteiger partial charge in [-0.25, -0.2) is 8.42 Å². The third kappa shape index (κ3) is 4.90. The van der Waals surface area contributed by atoms with Gasteiger partial charge < -0.3 is 4.90 Å². The second-order valence-electron chi connectivity index (χ2n) is 7.74. The third-order valence-corrected chi connectivity index (χ3v) is 6.70. The number of rotatable bonds is 7. The van der Waals surface area contributed by atoms with E-state index < -0.39 is 10.0 Å². The highest BCUT2D eigenvalue weighted by Gasteiger charge is 2.23. The lowest BCUT2D eigenvalue weighted by Crippen LogP contribution is -2.20.